The Labute approximate surface area is 165 Å². The van der Waals surface area contributed by atoms with E-state index in [0.29, 0.717) is 11.5 Å². The van der Waals surface area contributed by atoms with Gasteiger partial charge < -0.3 is 10.4 Å². The third kappa shape index (κ3) is 7.15. The van der Waals surface area contributed by atoms with Crippen molar-refractivity contribution in [2.45, 2.75) is 53.0 Å². The summed E-state index contributed by atoms with van der Waals surface area (Å²) in [7, 11) is 0. The minimum absolute atomic E-state index is 0.0110. The Kier molecular flexibility index (Phi) is 9.37. The first-order chi connectivity index (χ1) is 13.2. The minimum atomic E-state index is -0.825. The predicted molar refractivity (Wildman–Crippen MR) is 104 cm³/mol. The van der Waals surface area contributed by atoms with Crippen LogP contribution >= 0.6 is 0 Å². The highest BCUT2D eigenvalue weighted by atomic mass is 16.5. The van der Waals surface area contributed by atoms with Gasteiger partial charge in [0.1, 0.15) is 0 Å². The van der Waals surface area contributed by atoms with E-state index in [0.717, 1.165) is 18.4 Å². The number of amides is 3. The van der Waals surface area contributed by atoms with Gasteiger partial charge in [0.25, 0.3) is 0 Å². The molecule has 1 heterocycles. The second-order valence-electron chi connectivity index (χ2n) is 7.17. The Balaban J connectivity index is 2.89. The lowest BCUT2D eigenvalue weighted by atomic mass is 9.87. The summed E-state index contributed by atoms with van der Waals surface area (Å²) in [5.41, 5.74) is 0.737. The van der Waals surface area contributed by atoms with Gasteiger partial charge in [-0.05, 0) is 30.9 Å². The zero-order valence-corrected chi connectivity index (χ0v) is 16.8. The number of ketones is 1. The maximum absolute atomic E-state index is 13.0. The number of carbonyl (C=O) groups is 3. The SMILES string of the molecule is CCCC[C@H](CN(O)C=O)C(=O)[C@@H](NC(=O)Nc1ncc(C)cc1O)C(C)C. The summed E-state index contributed by atoms with van der Waals surface area (Å²) in [6, 6.07) is -0.0392. The Morgan fingerprint density at radius 3 is 2.57 bits per heavy atom. The quantitative estimate of drug-likeness (QED) is 0.259. The standard InChI is InChI=1S/C19H30N4O5/c1-5-6-7-14(10-23(28)11-24)17(26)16(12(2)3)21-19(27)22-18-15(25)8-13(4)9-20-18/h8-9,11-12,14,16,25,28H,5-7,10H2,1-4H3,(H2,20,21,22,27)/t14-,16+/m1/s1. The van der Waals surface area contributed by atoms with E-state index in [1.807, 2.05) is 6.92 Å². The zero-order valence-electron chi connectivity index (χ0n) is 16.8. The number of carbonyl (C=O) groups excluding carboxylic acids is 3. The van der Waals surface area contributed by atoms with Gasteiger partial charge in [-0.15, -0.1) is 0 Å². The van der Waals surface area contributed by atoms with Crippen molar-refractivity contribution in [1.29, 1.82) is 0 Å². The summed E-state index contributed by atoms with van der Waals surface area (Å²) >= 11 is 0. The molecule has 0 spiro atoms. The van der Waals surface area contributed by atoms with E-state index in [9.17, 15) is 24.7 Å². The molecule has 9 nitrogen and oxygen atoms in total. The number of hydrogen-bond donors (Lipinski definition) is 4. The molecule has 1 aromatic rings. The van der Waals surface area contributed by atoms with Crippen molar-refractivity contribution in [1.82, 2.24) is 15.4 Å². The number of pyridine rings is 1. The summed E-state index contributed by atoms with van der Waals surface area (Å²) in [4.78, 5) is 40.0. The van der Waals surface area contributed by atoms with E-state index in [2.05, 4.69) is 15.6 Å². The second kappa shape index (κ2) is 11.2. The van der Waals surface area contributed by atoms with E-state index in [1.54, 1.807) is 20.8 Å². The van der Waals surface area contributed by atoms with E-state index < -0.39 is 18.0 Å². The number of aromatic hydroxyl groups is 1. The van der Waals surface area contributed by atoms with Crippen molar-refractivity contribution in [2.75, 3.05) is 11.9 Å². The molecular formula is C19H30N4O5. The fourth-order valence-electron chi connectivity index (χ4n) is 2.80. The van der Waals surface area contributed by atoms with Crippen molar-refractivity contribution < 1.29 is 24.7 Å². The van der Waals surface area contributed by atoms with Crippen LogP contribution in [0.5, 0.6) is 5.75 Å². The smallest absolute Gasteiger partial charge is 0.321 e. The van der Waals surface area contributed by atoms with Crippen molar-refractivity contribution in [3.05, 3.63) is 17.8 Å². The van der Waals surface area contributed by atoms with Crippen LogP contribution in [0.15, 0.2) is 12.3 Å². The van der Waals surface area contributed by atoms with E-state index >= 15 is 0 Å². The fraction of sp³-hybridized carbons (Fsp3) is 0.579. The predicted octanol–water partition coefficient (Wildman–Crippen LogP) is 2.46. The van der Waals surface area contributed by atoms with Crippen LogP contribution in [-0.2, 0) is 9.59 Å². The number of hydroxylamine groups is 2. The highest BCUT2D eigenvalue weighted by Crippen LogP contribution is 2.21. The summed E-state index contributed by atoms with van der Waals surface area (Å²) < 4.78 is 0. The largest absolute Gasteiger partial charge is 0.504 e. The van der Waals surface area contributed by atoms with Crippen LogP contribution in [-0.4, -0.2) is 51.2 Å². The lowest BCUT2D eigenvalue weighted by Gasteiger charge is -2.27. The lowest BCUT2D eigenvalue weighted by Crippen LogP contribution is -2.50. The first kappa shape index (κ1) is 23.4. The molecule has 3 amide bonds. The molecule has 0 saturated heterocycles. The number of nitrogens with zero attached hydrogens (tertiary/aromatic N) is 2. The van der Waals surface area contributed by atoms with Gasteiger partial charge in [0, 0.05) is 12.1 Å². The molecule has 0 saturated carbocycles. The van der Waals surface area contributed by atoms with Crippen molar-refractivity contribution >= 4 is 24.0 Å². The van der Waals surface area contributed by atoms with E-state index in [4.69, 9.17) is 0 Å². The average Bonchev–Trinajstić information content (AvgIpc) is 2.64. The summed E-state index contributed by atoms with van der Waals surface area (Å²) in [5.74, 6) is -1.27. The molecule has 1 aromatic heterocycles. The van der Waals surface area contributed by atoms with E-state index in [-0.39, 0.29) is 36.2 Å². The molecule has 0 unspecified atom stereocenters. The van der Waals surface area contributed by atoms with Gasteiger partial charge in [-0.1, -0.05) is 33.6 Å². The van der Waals surface area contributed by atoms with Crippen LogP contribution in [0.3, 0.4) is 0 Å². The average molecular weight is 394 g/mol. The first-order valence-electron chi connectivity index (χ1n) is 9.37. The molecule has 0 bridgehead atoms. The monoisotopic (exact) mass is 394 g/mol. The summed E-state index contributed by atoms with van der Waals surface area (Å²) in [6.07, 6.45) is 3.85. The Bertz CT molecular complexity index is 680. The molecule has 4 N–H and O–H groups in total. The van der Waals surface area contributed by atoms with Gasteiger partial charge in [-0.3, -0.25) is 20.1 Å². The lowest BCUT2D eigenvalue weighted by molar-refractivity contribution is -0.154. The number of aromatic nitrogens is 1. The highest BCUT2D eigenvalue weighted by Gasteiger charge is 2.31. The highest BCUT2D eigenvalue weighted by molar-refractivity contribution is 5.95. The zero-order chi connectivity index (χ0) is 21.3. The third-order valence-electron chi connectivity index (χ3n) is 4.33. The second-order valence-corrected chi connectivity index (χ2v) is 7.17. The minimum Gasteiger partial charge on any atom is -0.504 e. The molecule has 9 heteroatoms. The third-order valence-corrected chi connectivity index (χ3v) is 4.33. The number of unbranched alkanes of at least 4 members (excludes halogenated alkanes) is 1. The molecule has 0 aliphatic heterocycles. The van der Waals surface area contributed by atoms with Gasteiger partial charge in [0.05, 0.1) is 12.6 Å². The molecule has 0 aliphatic carbocycles. The maximum Gasteiger partial charge on any atom is 0.321 e. The number of urea groups is 1. The van der Waals surface area contributed by atoms with Crippen LogP contribution in [0.4, 0.5) is 10.6 Å². The van der Waals surface area contributed by atoms with Gasteiger partial charge in [0.15, 0.2) is 17.4 Å². The molecular weight excluding hydrogens is 364 g/mol. The Hall–Kier alpha value is -2.68. The van der Waals surface area contributed by atoms with Crippen LogP contribution in [0.25, 0.3) is 0 Å². The van der Waals surface area contributed by atoms with Crippen LogP contribution in [0.2, 0.25) is 0 Å². The topological polar surface area (TPSA) is 132 Å². The van der Waals surface area contributed by atoms with Crippen LogP contribution < -0.4 is 10.6 Å². The maximum atomic E-state index is 13.0. The number of hydrogen-bond acceptors (Lipinski definition) is 6. The number of Topliss-reactive ketones (excluding diaryl/α,β-unsaturated/α-hetero) is 1. The van der Waals surface area contributed by atoms with Gasteiger partial charge in [-0.2, -0.15) is 0 Å². The molecule has 0 aliphatic rings. The fourth-order valence-corrected chi connectivity index (χ4v) is 2.80. The molecule has 0 aromatic carbocycles. The molecule has 156 valence electrons. The Morgan fingerprint density at radius 1 is 1.36 bits per heavy atom. The van der Waals surface area contributed by atoms with E-state index in [1.165, 1.54) is 12.3 Å². The summed E-state index contributed by atoms with van der Waals surface area (Å²) in [6.45, 7) is 7.18. The number of anilines is 1. The Morgan fingerprint density at radius 2 is 2.04 bits per heavy atom. The normalized spacial score (nSPS) is 12.9. The summed E-state index contributed by atoms with van der Waals surface area (Å²) in [5, 5.41) is 24.9. The number of rotatable bonds is 11. The van der Waals surface area contributed by atoms with Gasteiger partial charge >= 0.3 is 6.03 Å². The van der Waals surface area contributed by atoms with Crippen LogP contribution in [0.1, 0.15) is 45.6 Å². The van der Waals surface area contributed by atoms with Crippen LogP contribution in [0, 0.1) is 18.8 Å². The molecule has 0 fully saturated rings. The van der Waals surface area contributed by atoms with Gasteiger partial charge in [-0.25, -0.2) is 14.8 Å². The number of aryl methyl sites for hydroxylation is 1. The van der Waals surface area contributed by atoms with Crippen molar-refractivity contribution in [3.63, 3.8) is 0 Å². The number of nitrogens with one attached hydrogen (secondary N) is 2. The molecule has 28 heavy (non-hydrogen) atoms. The van der Waals surface area contributed by atoms with Gasteiger partial charge in [0.2, 0.25) is 6.41 Å². The molecule has 1 rings (SSSR count). The molecule has 0 radical (unpaired) electrons. The van der Waals surface area contributed by atoms with Crippen molar-refractivity contribution in [3.8, 4) is 5.75 Å². The molecule has 2 atom stereocenters. The first-order valence-corrected chi connectivity index (χ1v) is 9.37. The van der Waals surface area contributed by atoms with Crippen molar-refractivity contribution in [2.24, 2.45) is 11.8 Å².